The summed E-state index contributed by atoms with van der Waals surface area (Å²) in [6, 6.07) is 8.73. The van der Waals surface area contributed by atoms with Crippen molar-refractivity contribution < 1.29 is 0 Å². The molecule has 0 aliphatic carbocycles. The molecule has 0 radical (unpaired) electrons. The highest BCUT2D eigenvalue weighted by Gasteiger charge is 2.35. The Balaban J connectivity index is 2.28. The van der Waals surface area contributed by atoms with Gasteiger partial charge < -0.3 is 10.6 Å². The fourth-order valence-corrected chi connectivity index (χ4v) is 3.08. The molecule has 1 unspecified atom stereocenters. The number of anilines is 1. The zero-order valence-corrected chi connectivity index (χ0v) is 11.2. The van der Waals surface area contributed by atoms with E-state index in [-0.39, 0.29) is 5.54 Å². The molecule has 2 nitrogen and oxygen atoms in total. The lowest BCUT2D eigenvalue weighted by molar-refractivity contribution is 0.353. The fraction of sp³-hybridized carbons (Fsp3) is 0.600. The summed E-state index contributed by atoms with van der Waals surface area (Å²) in [6.45, 7) is 8.68. The minimum absolute atomic E-state index is 0.0980. The molecule has 1 atom stereocenters. The molecule has 94 valence electrons. The van der Waals surface area contributed by atoms with Gasteiger partial charge in [-0.25, -0.2) is 0 Å². The average Bonchev–Trinajstić information content (AvgIpc) is 2.72. The molecule has 2 N–H and O–H groups in total. The third-order valence-electron chi connectivity index (χ3n) is 3.83. The van der Waals surface area contributed by atoms with Gasteiger partial charge in [-0.2, -0.15) is 0 Å². The number of nitrogens with two attached hydrogens (primary N) is 1. The van der Waals surface area contributed by atoms with Gasteiger partial charge in [-0.15, -0.1) is 0 Å². The molecule has 0 spiro atoms. The maximum atomic E-state index is 6.05. The Kier molecular flexibility index (Phi) is 3.43. The highest BCUT2D eigenvalue weighted by molar-refractivity contribution is 5.59. The summed E-state index contributed by atoms with van der Waals surface area (Å²) < 4.78 is 0. The van der Waals surface area contributed by atoms with Gasteiger partial charge in [0.15, 0.2) is 0 Å². The molecule has 0 bridgehead atoms. The van der Waals surface area contributed by atoms with E-state index in [1.807, 2.05) is 0 Å². The Morgan fingerprint density at radius 3 is 2.71 bits per heavy atom. The molecule has 1 aliphatic rings. The molecule has 1 aromatic carbocycles. The third kappa shape index (κ3) is 2.32. The predicted molar refractivity (Wildman–Crippen MR) is 74.4 cm³/mol. The van der Waals surface area contributed by atoms with E-state index in [9.17, 15) is 0 Å². The van der Waals surface area contributed by atoms with Gasteiger partial charge in [0.05, 0.1) is 0 Å². The van der Waals surface area contributed by atoms with Gasteiger partial charge in [0, 0.05) is 24.3 Å². The van der Waals surface area contributed by atoms with Gasteiger partial charge >= 0.3 is 0 Å². The van der Waals surface area contributed by atoms with Crippen molar-refractivity contribution in [1.29, 1.82) is 0 Å². The Hall–Kier alpha value is -1.02. The first-order valence-electron chi connectivity index (χ1n) is 6.62. The fourth-order valence-electron chi connectivity index (χ4n) is 3.08. The summed E-state index contributed by atoms with van der Waals surface area (Å²) >= 11 is 0. The second kappa shape index (κ2) is 4.69. The van der Waals surface area contributed by atoms with Crippen LogP contribution in [0, 0.1) is 5.92 Å². The highest BCUT2D eigenvalue weighted by atomic mass is 15.2. The molecular weight excluding hydrogens is 208 g/mol. The first-order chi connectivity index (χ1) is 8.07. The lowest BCUT2D eigenvalue weighted by atomic mass is 9.89. The molecule has 0 aromatic heterocycles. The second-order valence-electron chi connectivity index (χ2n) is 5.83. The monoisotopic (exact) mass is 232 g/mol. The molecule has 1 aliphatic heterocycles. The largest absolute Gasteiger partial charge is 0.364 e. The molecule has 0 saturated heterocycles. The van der Waals surface area contributed by atoms with E-state index in [1.165, 1.54) is 11.3 Å². The van der Waals surface area contributed by atoms with Crippen molar-refractivity contribution in [3.63, 3.8) is 0 Å². The lowest BCUT2D eigenvalue weighted by Gasteiger charge is -2.41. The highest BCUT2D eigenvalue weighted by Crippen LogP contribution is 2.35. The van der Waals surface area contributed by atoms with E-state index in [1.54, 1.807) is 0 Å². The van der Waals surface area contributed by atoms with Crippen LogP contribution in [0.3, 0.4) is 0 Å². The van der Waals surface area contributed by atoms with Crippen molar-refractivity contribution in [3.8, 4) is 0 Å². The molecule has 17 heavy (non-hydrogen) atoms. The zero-order chi connectivity index (χ0) is 12.5. The molecule has 0 fully saturated rings. The van der Waals surface area contributed by atoms with Crippen molar-refractivity contribution in [1.82, 2.24) is 0 Å². The van der Waals surface area contributed by atoms with Crippen molar-refractivity contribution >= 4 is 5.69 Å². The van der Waals surface area contributed by atoms with Crippen LogP contribution in [0.15, 0.2) is 24.3 Å². The molecule has 0 saturated carbocycles. The van der Waals surface area contributed by atoms with Crippen LogP contribution in [0.5, 0.6) is 0 Å². The van der Waals surface area contributed by atoms with Crippen LogP contribution < -0.4 is 10.6 Å². The van der Waals surface area contributed by atoms with Crippen molar-refractivity contribution in [2.24, 2.45) is 11.7 Å². The number of hydrogen-bond donors (Lipinski definition) is 1. The normalized spacial score (nSPS) is 18.3. The van der Waals surface area contributed by atoms with Crippen LogP contribution in [-0.4, -0.2) is 18.6 Å². The smallest absolute Gasteiger partial charge is 0.0498 e. The third-order valence-corrected chi connectivity index (χ3v) is 3.83. The van der Waals surface area contributed by atoms with E-state index in [0.29, 0.717) is 5.92 Å². The molecular formula is C15H24N2. The maximum absolute atomic E-state index is 6.05. The minimum atomic E-state index is 0.0980. The number of para-hydroxylation sites is 1. The van der Waals surface area contributed by atoms with Crippen LogP contribution in [0.25, 0.3) is 0 Å². The number of hydrogen-bond acceptors (Lipinski definition) is 2. The Labute approximate surface area is 105 Å². The Bertz CT molecular complexity index is 386. The Morgan fingerprint density at radius 1 is 1.35 bits per heavy atom. The van der Waals surface area contributed by atoms with Crippen molar-refractivity contribution in [3.05, 3.63) is 29.8 Å². The van der Waals surface area contributed by atoms with Crippen LogP contribution in [-0.2, 0) is 6.42 Å². The summed E-state index contributed by atoms with van der Waals surface area (Å²) in [7, 11) is 0. The SMILES string of the molecule is CC(C)CC(C)(CN)N1CCc2ccccc21. The van der Waals surface area contributed by atoms with Crippen LogP contribution in [0.4, 0.5) is 5.69 Å². The standard InChI is InChI=1S/C15H24N2/c1-12(2)10-15(3,11-16)17-9-8-13-6-4-5-7-14(13)17/h4-7,12H,8-11,16H2,1-3H3. The molecule has 1 heterocycles. The number of benzene rings is 1. The van der Waals surface area contributed by atoms with Gasteiger partial charge in [-0.05, 0) is 37.3 Å². The van der Waals surface area contributed by atoms with Crippen molar-refractivity contribution in [2.75, 3.05) is 18.0 Å². The van der Waals surface area contributed by atoms with Gasteiger partial charge in [-0.3, -0.25) is 0 Å². The van der Waals surface area contributed by atoms with E-state index in [2.05, 4.69) is 49.9 Å². The summed E-state index contributed by atoms with van der Waals surface area (Å²) in [5.41, 5.74) is 9.01. The first kappa shape index (κ1) is 12.4. The van der Waals surface area contributed by atoms with E-state index < -0.39 is 0 Å². The zero-order valence-electron chi connectivity index (χ0n) is 11.2. The molecule has 2 heteroatoms. The maximum Gasteiger partial charge on any atom is 0.0498 e. The molecule has 1 aromatic rings. The molecule has 2 rings (SSSR count). The van der Waals surface area contributed by atoms with Gasteiger partial charge in [0.2, 0.25) is 0 Å². The summed E-state index contributed by atoms with van der Waals surface area (Å²) in [4.78, 5) is 2.52. The average molecular weight is 232 g/mol. The number of fused-ring (bicyclic) bond motifs is 1. The Morgan fingerprint density at radius 2 is 2.06 bits per heavy atom. The van der Waals surface area contributed by atoms with Gasteiger partial charge in [0.25, 0.3) is 0 Å². The summed E-state index contributed by atoms with van der Waals surface area (Å²) in [6.07, 6.45) is 2.31. The van der Waals surface area contributed by atoms with Gasteiger partial charge in [0.1, 0.15) is 0 Å². The number of nitrogens with zero attached hydrogens (tertiary/aromatic N) is 1. The minimum Gasteiger partial charge on any atom is -0.364 e. The first-order valence-corrected chi connectivity index (χ1v) is 6.62. The van der Waals surface area contributed by atoms with Crippen LogP contribution in [0.2, 0.25) is 0 Å². The summed E-state index contributed by atoms with van der Waals surface area (Å²) in [5, 5.41) is 0. The van der Waals surface area contributed by atoms with Crippen molar-refractivity contribution in [2.45, 2.75) is 39.2 Å². The summed E-state index contributed by atoms with van der Waals surface area (Å²) in [5.74, 6) is 0.677. The second-order valence-corrected chi connectivity index (χ2v) is 5.83. The lowest BCUT2D eigenvalue weighted by Crippen LogP contribution is -2.52. The number of rotatable bonds is 4. The van der Waals surface area contributed by atoms with Crippen LogP contribution >= 0.6 is 0 Å². The van der Waals surface area contributed by atoms with Gasteiger partial charge in [-0.1, -0.05) is 32.0 Å². The van der Waals surface area contributed by atoms with E-state index in [0.717, 1.165) is 25.9 Å². The van der Waals surface area contributed by atoms with E-state index in [4.69, 9.17) is 5.73 Å². The van der Waals surface area contributed by atoms with E-state index >= 15 is 0 Å². The van der Waals surface area contributed by atoms with Crippen LogP contribution in [0.1, 0.15) is 32.8 Å². The molecule has 0 amide bonds. The predicted octanol–water partition coefficient (Wildman–Crippen LogP) is 2.81. The topological polar surface area (TPSA) is 29.3 Å². The quantitative estimate of drug-likeness (QED) is 0.865.